The van der Waals surface area contributed by atoms with E-state index in [0.717, 1.165) is 10.4 Å². The molecule has 2 saturated heterocycles. The van der Waals surface area contributed by atoms with E-state index in [2.05, 4.69) is 20.9 Å². The van der Waals surface area contributed by atoms with Crippen molar-refractivity contribution in [1.82, 2.24) is 9.88 Å². The van der Waals surface area contributed by atoms with Crippen LogP contribution in [0.4, 0.5) is 5.69 Å². The third-order valence-electron chi connectivity index (χ3n) is 10.3. The molecule has 2 aliphatic heterocycles. The van der Waals surface area contributed by atoms with E-state index in [0.29, 0.717) is 39.6 Å². The number of aliphatic hydroxyl groups is 1. The minimum atomic E-state index is -1.89. The van der Waals surface area contributed by atoms with Crippen LogP contribution in [-0.4, -0.2) is 67.0 Å². The highest BCUT2D eigenvalue weighted by Crippen LogP contribution is 2.65. The van der Waals surface area contributed by atoms with Crippen molar-refractivity contribution in [2.75, 3.05) is 23.6 Å². The number of fused-ring (bicyclic) bond motifs is 5. The highest BCUT2D eigenvalue weighted by atomic mass is 79.9. The van der Waals surface area contributed by atoms with E-state index in [1.54, 1.807) is 48.5 Å². The Morgan fingerprint density at radius 2 is 1.67 bits per heavy atom. The van der Waals surface area contributed by atoms with Crippen molar-refractivity contribution in [3.63, 3.8) is 0 Å². The van der Waals surface area contributed by atoms with Crippen LogP contribution in [0.1, 0.15) is 24.3 Å². The third kappa shape index (κ3) is 4.59. The molecular weight excluding hydrogens is 737 g/mol. The van der Waals surface area contributed by atoms with Gasteiger partial charge in [-0.15, -0.1) is 23.2 Å². The summed E-state index contributed by atoms with van der Waals surface area (Å²) in [6.07, 6.45) is 2.04. The second kappa shape index (κ2) is 11.8. The lowest BCUT2D eigenvalue weighted by Gasteiger charge is -2.50. The van der Waals surface area contributed by atoms with Gasteiger partial charge in [0.25, 0.3) is 11.8 Å². The predicted octanol–water partition coefficient (Wildman–Crippen LogP) is 5.78. The van der Waals surface area contributed by atoms with Crippen molar-refractivity contribution in [1.29, 1.82) is 0 Å². The summed E-state index contributed by atoms with van der Waals surface area (Å²) in [5.41, 5.74) is 3.66. The van der Waals surface area contributed by atoms with Gasteiger partial charge in [0.1, 0.15) is 17.9 Å². The first kappa shape index (κ1) is 32.2. The molecule has 3 aromatic carbocycles. The summed E-state index contributed by atoms with van der Waals surface area (Å²) >= 11 is 17.9. The van der Waals surface area contributed by atoms with Gasteiger partial charge in [-0.05, 0) is 72.9 Å². The van der Waals surface area contributed by atoms with Crippen molar-refractivity contribution in [3.05, 3.63) is 90.0 Å². The zero-order chi connectivity index (χ0) is 34.2. The molecular formula is C36H28BrCl2N3O7. The van der Waals surface area contributed by atoms with Crippen LogP contribution in [0, 0.1) is 17.8 Å². The number of para-hydroxylation sites is 2. The molecule has 6 unspecified atom stereocenters. The molecule has 2 aliphatic carbocycles. The Morgan fingerprint density at radius 3 is 2.37 bits per heavy atom. The van der Waals surface area contributed by atoms with E-state index in [1.807, 2.05) is 30.3 Å². The fourth-order valence-corrected chi connectivity index (χ4v) is 9.48. The summed E-state index contributed by atoms with van der Waals surface area (Å²) in [5.74, 6) is -4.15. The lowest BCUT2D eigenvalue weighted by molar-refractivity contribution is -0.138. The van der Waals surface area contributed by atoms with Crippen LogP contribution >= 0.6 is 39.1 Å². The van der Waals surface area contributed by atoms with Gasteiger partial charge >= 0.3 is 0 Å². The Morgan fingerprint density at radius 1 is 0.939 bits per heavy atom. The van der Waals surface area contributed by atoms with Crippen LogP contribution in [0.15, 0.2) is 88.9 Å². The SMILES string of the molecule is O=C1C2CC=C3C(CC4(Cl)C(=O)N(CBr)C(=O)C4(Cl)C3c3ccc(OCCO)cc3)C2C(=O)N1c1ccc(-c2nc3ccccc3o2)cc1. The maximum Gasteiger partial charge on any atom is 0.254 e. The largest absolute Gasteiger partial charge is 0.491 e. The number of carbonyl (C=O) groups is 4. The number of benzene rings is 3. The zero-order valence-corrected chi connectivity index (χ0v) is 28.8. The first-order valence-corrected chi connectivity index (χ1v) is 17.7. The molecule has 1 saturated carbocycles. The number of hydrogen-bond donors (Lipinski definition) is 1. The van der Waals surface area contributed by atoms with Crippen molar-refractivity contribution < 1.29 is 33.4 Å². The molecule has 13 heteroatoms. The van der Waals surface area contributed by atoms with Gasteiger partial charge in [0.2, 0.25) is 17.7 Å². The van der Waals surface area contributed by atoms with Gasteiger partial charge in [0.05, 0.1) is 29.6 Å². The summed E-state index contributed by atoms with van der Waals surface area (Å²) in [7, 11) is 0. The average molecular weight is 765 g/mol. The number of carbonyl (C=O) groups excluding carboxylic acids is 4. The molecule has 4 aromatic rings. The number of ether oxygens (including phenoxy) is 1. The van der Waals surface area contributed by atoms with Crippen LogP contribution < -0.4 is 9.64 Å². The lowest BCUT2D eigenvalue weighted by atomic mass is 9.56. The fourth-order valence-electron chi connectivity index (χ4n) is 8.05. The summed E-state index contributed by atoms with van der Waals surface area (Å²) < 4.78 is 11.4. The van der Waals surface area contributed by atoms with Crippen LogP contribution in [-0.2, 0) is 19.2 Å². The number of imide groups is 2. The quantitative estimate of drug-likeness (QED) is 0.109. The minimum Gasteiger partial charge on any atom is -0.491 e. The number of aromatic nitrogens is 1. The summed E-state index contributed by atoms with van der Waals surface area (Å²) in [6, 6.07) is 21.2. The minimum absolute atomic E-state index is 0.0999. The number of hydrogen-bond acceptors (Lipinski definition) is 8. The highest BCUT2D eigenvalue weighted by molar-refractivity contribution is 9.09. The highest BCUT2D eigenvalue weighted by Gasteiger charge is 2.76. The standard InChI is InChI=1S/C36H28BrCl2N3O7/c37-18-41-33(46)35(38)17-25-23(29(36(35,39)34(41)47)19-7-11-22(12-8-19)48-16-15-43)13-14-24-28(25)32(45)42(31(24)44)21-9-5-20(6-10-21)30-40-26-3-1-2-4-27(26)49-30/h1-13,24-25,28-29,43H,14-18H2. The van der Waals surface area contributed by atoms with E-state index < -0.39 is 51.1 Å². The van der Waals surface area contributed by atoms with Crippen molar-refractivity contribution in [2.45, 2.75) is 28.5 Å². The van der Waals surface area contributed by atoms with E-state index in [4.69, 9.17) is 37.5 Å². The number of nitrogens with zero attached hydrogens (tertiary/aromatic N) is 3. The molecule has 0 bridgehead atoms. The van der Waals surface area contributed by atoms with Crippen molar-refractivity contribution in [3.8, 4) is 17.2 Å². The molecule has 49 heavy (non-hydrogen) atoms. The van der Waals surface area contributed by atoms with Gasteiger partial charge in [-0.1, -0.05) is 51.8 Å². The molecule has 8 rings (SSSR count). The van der Waals surface area contributed by atoms with Crippen molar-refractivity contribution in [2.24, 2.45) is 17.8 Å². The molecule has 10 nitrogen and oxygen atoms in total. The van der Waals surface area contributed by atoms with Gasteiger partial charge in [-0.25, -0.2) is 4.98 Å². The molecule has 4 aliphatic rings. The predicted molar refractivity (Wildman–Crippen MR) is 184 cm³/mol. The maximum absolute atomic E-state index is 14.4. The maximum atomic E-state index is 14.4. The average Bonchev–Trinajstić information content (AvgIpc) is 3.70. The number of halogens is 3. The van der Waals surface area contributed by atoms with Gasteiger partial charge in [-0.3, -0.25) is 29.0 Å². The van der Waals surface area contributed by atoms with Crippen LogP contribution in [0.2, 0.25) is 0 Å². The number of alkyl halides is 3. The monoisotopic (exact) mass is 763 g/mol. The van der Waals surface area contributed by atoms with Gasteiger partial charge < -0.3 is 14.3 Å². The number of aliphatic hydroxyl groups excluding tert-OH is 1. The second-order valence-corrected chi connectivity index (χ2v) is 14.4. The Bertz CT molecular complexity index is 2040. The molecule has 1 N–H and O–H groups in total. The third-order valence-corrected chi connectivity index (χ3v) is 12.2. The van der Waals surface area contributed by atoms with Gasteiger partial charge in [0.15, 0.2) is 15.3 Å². The molecule has 250 valence electrons. The first-order chi connectivity index (χ1) is 23.6. The number of amides is 4. The van der Waals surface area contributed by atoms with E-state index in [-0.39, 0.29) is 37.4 Å². The molecule has 0 spiro atoms. The van der Waals surface area contributed by atoms with E-state index in [1.165, 1.54) is 4.90 Å². The number of allylic oxidation sites excluding steroid dienone is 2. The summed E-state index contributed by atoms with van der Waals surface area (Å²) in [6.45, 7) is -0.0604. The lowest BCUT2D eigenvalue weighted by Crippen LogP contribution is -2.60. The topological polar surface area (TPSA) is 130 Å². The first-order valence-electron chi connectivity index (χ1n) is 15.8. The smallest absolute Gasteiger partial charge is 0.254 e. The summed E-state index contributed by atoms with van der Waals surface area (Å²) in [4.78, 5) is 59.2. The van der Waals surface area contributed by atoms with E-state index >= 15 is 0 Å². The molecule has 4 amide bonds. The molecule has 6 atom stereocenters. The second-order valence-electron chi connectivity index (χ2n) is 12.7. The van der Waals surface area contributed by atoms with Crippen molar-refractivity contribution >= 4 is 79.5 Å². The Balaban J connectivity index is 1.16. The van der Waals surface area contributed by atoms with Gasteiger partial charge in [0, 0.05) is 11.5 Å². The normalized spacial score (nSPS) is 29.3. The molecule has 1 aromatic heterocycles. The van der Waals surface area contributed by atoms with Crippen LogP contribution in [0.5, 0.6) is 5.75 Å². The molecule has 0 radical (unpaired) electrons. The van der Waals surface area contributed by atoms with Gasteiger partial charge in [-0.2, -0.15) is 0 Å². The zero-order valence-electron chi connectivity index (χ0n) is 25.7. The Labute approximate surface area is 298 Å². The van der Waals surface area contributed by atoms with E-state index in [9.17, 15) is 19.2 Å². The number of rotatable bonds is 7. The summed E-state index contributed by atoms with van der Waals surface area (Å²) in [5, 5.41) is 9.17. The Hall–Kier alpha value is -4.03. The molecule has 3 fully saturated rings. The number of anilines is 1. The van der Waals surface area contributed by atoms with Crippen LogP contribution in [0.25, 0.3) is 22.6 Å². The number of likely N-dealkylation sites (tertiary alicyclic amines) is 1. The number of oxazole rings is 1. The Kier molecular flexibility index (Phi) is 7.75. The fraction of sp³-hybridized carbons (Fsp3) is 0.306. The molecule has 3 heterocycles. The van der Waals surface area contributed by atoms with Crippen LogP contribution in [0.3, 0.4) is 0 Å².